The Bertz CT molecular complexity index is 454. The van der Waals surface area contributed by atoms with Gasteiger partial charge in [-0.05, 0) is 39.1 Å². The van der Waals surface area contributed by atoms with Crippen molar-refractivity contribution in [3.8, 4) is 5.75 Å². The second-order valence-electron chi connectivity index (χ2n) is 5.67. The molecule has 1 aliphatic rings. The molecule has 1 aliphatic heterocycles. The van der Waals surface area contributed by atoms with Crippen molar-refractivity contribution in [2.24, 2.45) is 0 Å². The fourth-order valence-electron chi connectivity index (χ4n) is 2.51. The summed E-state index contributed by atoms with van der Waals surface area (Å²) in [5.74, 6) is 0.475. The van der Waals surface area contributed by atoms with Crippen LogP contribution in [0.1, 0.15) is 19.4 Å². The summed E-state index contributed by atoms with van der Waals surface area (Å²) in [6.07, 6.45) is 0.0636. The van der Waals surface area contributed by atoms with Gasteiger partial charge in [-0.15, -0.1) is 0 Å². The van der Waals surface area contributed by atoms with Gasteiger partial charge in [-0.1, -0.05) is 0 Å². The highest BCUT2D eigenvalue weighted by Gasteiger charge is 2.23. The molecule has 21 heavy (non-hydrogen) atoms. The van der Waals surface area contributed by atoms with E-state index < -0.39 is 0 Å². The van der Waals surface area contributed by atoms with Crippen LogP contribution in [0.15, 0.2) is 18.2 Å². The number of ether oxygens (including phenoxy) is 2. The van der Waals surface area contributed by atoms with E-state index in [-0.39, 0.29) is 11.9 Å². The first-order valence-corrected chi connectivity index (χ1v) is 7.51. The Morgan fingerprint density at radius 2 is 2.29 bits per heavy atom. The molecule has 1 N–H and O–H groups in total. The van der Waals surface area contributed by atoms with Gasteiger partial charge >= 0.3 is 0 Å². The number of halogens is 1. The van der Waals surface area contributed by atoms with Gasteiger partial charge in [0.25, 0.3) is 0 Å². The van der Waals surface area contributed by atoms with E-state index >= 15 is 0 Å². The average molecular weight is 296 g/mol. The molecule has 4 nitrogen and oxygen atoms in total. The molecule has 1 heterocycles. The summed E-state index contributed by atoms with van der Waals surface area (Å²) in [6.45, 7) is 8.03. The summed E-state index contributed by atoms with van der Waals surface area (Å²) in [7, 11) is 1.83. The van der Waals surface area contributed by atoms with Gasteiger partial charge in [-0.3, -0.25) is 4.90 Å². The van der Waals surface area contributed by atoms with Gasteiger partial charge < -0.3 is 14.8 Å². The molecule has 1 fully saturated rings. The van der Waals surface area contributed by atoms with E-state index in [2.05, 4.69) is 24.1 Å². The fourth-order valence-corrected chi connectivity index (χ4v) is 2.51. The highest BCUT2D eigenvalue weighted by Crippen LogP contribution is 2.20. The highest BCUT2D eigenvalue weighted by atomic mass is 19.1. The molecule has 1 unspecified atom stereocenters. The minimum absolute atomic E-state index is 0.0636. The van der Waals surface area contributed by atoms with E-state index in [1.165, 1.54) is 12.1 Å². The second-order valence-corrected chi connectivity index (χ2v) is 5.67. The van der Waals surface area contributed by atoms with Gasteiger partial charge in [0, 0.05) is 31.2 Å². The third kappa shape index (κ3) is 4.66. The van der Waals surface area contributed by atoms with Crippen molar-refractivity contribution in [2.45, 2.75) is 32.5 Å². The molecule has 2 rings (SSSR count). The largest absolute Gasteiger partial charge is 0.490 e. The molecule has 1 saturated heterocycles. The normalized spacial score (nSPS) is 20.0. The van der Waals surface area contributed by atoms with E-state index in [9.17, 15) is 4.39 Å². The Labute approximate surface area is 126 Å². The van der Waals surface area contributed by atoms with Gasteiger partial charge in [0.2, 0.25) is 0 Å². The van der Waals surface area contributed by atoms with Crippen LogP contribution in [0.3, 0.4) is 0 Å². The van der Waals surface area contributed by atoms with Crippen molar-refractivity contribution >= 4 is 0 Å². The van der Waals surface area contributed by atoms with Crippen molar-refractivity contribution in [3.05, 3.63) is 29.6 Å². The molecule has 1 aromatic rings. The standard InChI is InChI=1S/C16H25FN2O2/c1-12(2)19-6-7-20-15(10-19)11-21-16-5-4-14(17)8-13(16)9-18-3/h4-5,8,12,15,18H,6-7,9-11H2,1-3H3. The Kier molecular flexibility index (Phi) is 5.96. The molecule has 118 valence electrons. The summed E-state index contributed by atoms with van der Waals surface area (Å²) >= 11 is 0. The summed E-state index contributed by atoms with van der Waals surface area (Å²) < 4.78 is 24.9. The number of rotatable bonds is 6. The first-order chi connectivity index (χ1) is 10.1. The third-order valence-corrected chi connectivity index (χ3v) is 3.71. The maximum Gasteiger partial charge on any atom is 0.124 e. The van der Waals surface area contributed by atoms with Gasteiger partial charge in [-0.25, -0.2) is 4.39 Å². The Morgan fingerprint density at radius 3 is 3.00 bits per heavy atom. The number of nitrogens with zero attached hydrogens (tertiary/aromatic N) is 1. The minimum atomic E-state index is -0.243. The van der Waals surface area contributed by atoms with E-state index in [1.807, 2.05) is 7.05 Å². The van der Waals surface area contributed by atoms with Crippen molar-refractivity contribution in [2.75, 3.05) is 33.4 Å². The number of hydrogen-bond donors (Lipinski definition) is 1. The molecule has 0 radical (unpaired) electrons. The second kappa shape index (κ2) is 7.73. The van der Waals surface area contributed by atoms with Gasteiger partial charge in [-0.2, -0.15) is 0 Å². The number of nitrogens with one attached hydrogen (secondary N) is 1. The fraction of sp³-hybridized carbons (Fsp3) is 0.625. The van der Waals surface area contributed by atoms with Crippen LogP contribution in [-0.2, 0) is 11.3 Å². The Balaban J connectivity index is 1.93. The smallest absolute Gasteiger partial charge is 0.124 e. The molecule has 0 aromatic heterocycles. The van der Waals surface area contributed by atoms with Gasteiger partial charge in [0.05, 0.1) is 6.61 Å². The third-order valence-electron chi connectivity index (χ3n) is 3.71. The summed E-state index contributed by atoms with van der Waals surface area (Å²) in [6, 6.07) is 5.14. The molecular weight excluding hydrogens is 271 g/mol. The van der Waals surface area contributed by atoms with Crippen LogP contribution in [-0.4, -0.2) is 50.4 Å². The zero-order valence-electron chi connectivity index (χ0n) is 13.1. The number of benzene rings is 1. The zero-order chi connectivity index (χ0) is 15.2. The van der Waals surface area contributed by atoms with E-state index in [1.54, 1.807) is 6.07 Å². The van der Waals surface area contributed by atoms with E-state index in [0.29, 0.717) is 19.2 Å². The molecule has 1 atom stereocenters. The van der Waals surface area contributed by atoms with Crippen molar-refractivity contribution in [3.63, 3.8) is 0 Å². The zero-order valence-corrected chi connectivity index (χ0v) is 13.1. The van der Waals surface area contributed by atoms with Crippen LogP contribution in [0.25, 0.3) is 0 Å². The monoisotopic (exact) mass is 296 g/mol. The summed E-state index contributed by atoms with van der Waals surface area (Å²) in [4.78, 5) is 2.39. The average Bonchev–Trinajstić information content (AvgIpc) is 2.47. The van der Waals surface area contributed by atoms with Crippen molar-refractivity contribution < 1.29 is 13.9 Å². The lowest BCUT2D eigenvalue weighted by Gasteiger charge is -2.35. The Morgan fingerprint density at radius 1 is 1.48 bits per heavy atom. The highest BCUT2D eigenvalue weighted by molar-refractivity contribution is 5.33. The lowest BCUT2D eigenvalue weighted by molar-refractivity contribution is -0.0565. The van der Waals surface area contributed by atoms with Gasteiger partial charge in [0.1, 0.15) is 24.3 Å². The molecule has 0 bridgehead atoms. The maximum atomic E-state index is 13.3. The van der Waals surface area contributed by atoms with E-state index in [0.717, 1.165) is 31.0 Å². The predicted molar refractivity (Wildman–Crippen MR) is 81.1 cm³/mol. The van der Waals surface area contributed by atoms with Crippen LogP contribution in [0.5, 0.6) is 5.75 Å². The van der Waals surface area contributed by atoms with Crippen LogP contribution in [0.4, 0.5) is 4.39 Å². The van der Waals surface area contributed by atoms with Crippen LogP contribution >= 0.6 is 0 Å². The van der Waals surface area contributed by atoms with Crippen molar-refractivity contribution in [1.29, 1.82) is 0 Å². The maximum absolute atomic E-state index is 13.3. The molecular formula is C16H25FN2O2. The number of hydrogen-bond acceptors (Lipinski definition) is 4. The molecule has 0 spiro atoms. The molecule has 0 aliphatic carbocycles. The first kappa shape index (κ1) is 16.2. The van der Waals surface area contributed by atoms with Crippen molar-refractivity contribution in [1.82, 2.24) is 10.2 Å². The molecule has 1 aromatic carbocycles. The Hall–Kier alpha value is -1.17. The van der Waals surface area contributed by atoms with E-state index in [4.69, 9.17) is 9.47 Å². The number of morpholine rings is 1. The van der Waals surface area contributed by atoms with Gasteiger partial charge in [0.15, 0.2) is 0 Å². The van der Waals surface area contributed by atoms with Crippen LogP contribution in [0, 0.1) is 5.82 Å². The van der Waals surface area contributed by atoms with Crippen LogP contribution < -0.4 is 10.1 Å². The SMILES string of the molecule is CNCc1cc(F)ccc1OCC1CN(C(C)C)CCO1. The lowest BCUT2D eigenvalue weighted by atomic mass is 10.2. The molecule has 0 saturated carbocycles. The molecule has 5 heteroatoms. The first-order valence-electron chi connectivity index (χ1n) is 7.51. The summed E-state index contributed by atoms with van der Waals surface area (Å²) in [5.41, 5.74) is 0.828. The molecule has 0 amide bonds. The lowest BCUT2D eigenvalue weighted by Crippen LogP contribution is -2.47. The topological polar surface area (TPSA) is 33.7 Å². The quantitative estimate of drug-likeness (QED) is 0.871. The summed E-state index contributed by atoms with van der Waals surface area (Å²) in [5, 5.41) is 3.03. The minimum Gasteiger partial charge on any atom is -0.490 e. The predicted octanol–water partition coefficient (Wildman–Crippen LogP) is 2.03. The van der Waals surface area contributed by atoms with Crippen LogP contribution in [0.2, 0.25) is 0 Å².